The predicted molar refractivity (Wildman–Crippen MR) is 100 cm³/mol. The minimum absolute atomic E-state index is 0.578. The summed E-state index contributed by atoms with van der Waals surface area (Å²) in [5, 5.41) is 0. The van der Waals surface area contributed by atoms with Gasteiger partial charge in [-0.1, -0.05) is 48.4 Å². The summed E-state index contributed by atoms with van der Waals surface area (Å²) in [6.07, 6.45) is 5.51. The summed E-state index contributed by atoms with van der Waals surface area (Å²) >= 11 is 0. The lowest BCUT2D eigenvalue weighted by atomic mass is 9.98. The largest absolute Gasteiger partial charge is 0.488 e. The Labute approximate surface area is 143 Å². The van der Waals surface area contributed by atoms with Crippen LogP contribution in [0, 0.1) is 26.2 Å². The molecule has 0 aromatic heterocycles. The van der Waals surface area contributed by atoms with Gasteiger partial charge in [0, 0.05) is 5.56 Å². The van der Waals surface area contributed by atoms with Crippen molar-refractivity contribution in [2.45, 2.75) is 20.5 Å². The highest BCUT2D eigenvalue weighted by Gasteiger charge is 2.08. The van der Waals surface area contributed by atoms with Crippen LogP contribution in [0.5, 0.6) is 5.75 Å². The molecule has 0 fully saturated rings. The van der Waals surface area contributed by atoms with Crippen molar-refractivity contribution < 1.29 is 4.74 Å². The van der Waals surface area contributed by atoms with Gasteiger partial charge in [-0.25, -0.2) is 0 Å². The lowest BCUT2D eigenvalue weighted by Gasteiger charge is -2.14. The van der Waals surface area contributed by atoms with E-state index in [9.17, 15) is 0 Å². The van der Waals surface area contributed by atoms with Gasteiger partial charge in [0.05, 0.1) is 0 Å². The smallest absolute Gasteiger partial charge is 0.125 e. The van der Waals surface area contributed by atoms with Gasteiger partial charge >= 0.3 is 0 Å². The van der Waals surface area contributed by atoms with Gasteiger partial charge in [0.1, 0.15) is 12.4 Å². The van der Waals surface area contributed by atoms with Crippen LogP contribution in [0.4, 0.5) is 0 Å². The van der Waals surface area contributed by atoms with Crippen molar-refractivity contribution in [1.82, 2.24) is 0 Å². The number of ether oxygens (including phenoxy) is 1. The third kappa shape index (κ3) is 3.50. The molecule has 0 amide bonds. The summed E-state index contributed by atoms with van der Waals surface area (Å²) in [5.41, 5.74) is 6.62. The molecule has 3 aromatic rings. The van der Waals surface area contributed by atoms with E-state index in [1.165, 1.54) is 5.56 Å². The standard InChI is InChI=1S/C23H20O/c1-4-19-11-8-12-21(15-19)22-13-17(2)23(18(3)14-22)24-16-20-9-6-5-7-10-20/h1,5-15H,16H2,2-3H3. The highest BCUT2D eigenvalue weighted by Crippen LogP contribution is 2.31. The number of benzene rings is 3. The van der Waals surface area contributed by atoms with E-state index in [0.717, 1.165) is 33.6 Å². The minimum atomic E-state index is 0.578. The first kappa shape index (κ1) is 15.9. The predicted octanol–water partition coefficient (Wildman–Crippen LogP) is 5.53. The molecule has 118 valence electrons. The molecule has 0 atom stereocenters. The third-order valence-corrected chi connectivity index (χ3v) is 4.05. The van der Waals surface area contributed by atoms with Crippen LogP contribution >= 0.6 is 0 Å². The minimum Gasteiger partial charge on any atom is -0.488 e. The fourth-order valence-electron chi connectivity index (χ4n) is 2.86. The highest BCUT2D eigenvalue weighted by atomic mass is 16.5. The normalized spacial score (nSPS) is 10.2. The molecular formula is C23H20O. The molecule has 24 heavy (non-hydrogen) atoms. The number of hydrogen-bond acceptors (Lipinski definition) is 1. The molecule has 0 aliphatic carbocycles. The lowest BCUT2D eigenvalue weighted by Crippen LogP contribution is -1.99. The maximum Gasteiger partial charge on any atom is 0.125 e. The first-order chi connectivity index (χ1) is 11.7. The van der Waals surface area contributed by atoms with Crippen LogP contribution in [0.2, 0.25) is 0 Å². The Morgan fingerprint density at radius 3 is 2.21 bits per heavy atom. The van der Waals surface area contributed by atoms with E-state index >= 15 is 0 Å². The van der Waals surface area contributed by atoms with Crippen molar-refractivity contribution in [3.05, 3.63) is 89.0 Å². The van der Waals surface area contributed by atoms with Crippen molar-refractivity contribution in [2.75, 3.05) is 0 Å². The van der Waals surface area contributed by atoms with Gasteiger partial charge in [-0.3, -0.25) is 0 Å². The van der Waals surface area contributed by atoms with E-state index in [4.69, 9.17) is 11.2 Å². The van der Waals surface area contributed by atoms with Crippen molar-refractivity contribution in [2.24, 2.45) is 0 Å². The Hall–Kier alpha value is -2.98. The van der Waals surface area contributed by atoms with Gasteiger partial charge < -0.3 is 4.74 Å². The molecule has 1 heteroatoms. The molecule has 0 bridgehead atoms. The number of terminal acetylenes is 1. The molecule has 3 aromatic carbocycles. The first-order valence-electron chi connectivity index (χ1n) is 8.02. The molecule has 0 radical (unpaired) electrons. The second-order valence-electron chi connectivity index (χ2n) is 5.94. The molecule has 3 rings (SSSR count). The molecule has 0 aliphatic heterocycles. The van der Waals surface area contributed by atoms with Crippen LogP contribution in [0.3, 0.4) is 0 Å². The van der Waals surface area contributed by atoms with E-state index in [2.05, 4.69) is 50.1 Å². The van der Waals surface area contributed by atoms with E-state index in [0.29, 0.717) is 6.61 Å². The zero-order valence-corrected chi connectivity index (χ0v) is 14.0. The zero-order chi connectivity index (χ0) is 16.9. The molecule has 0 aliphatic rings. The van der Waals surface area contributed by atoms with E-state index in [1.807, 2.05) is 36.4 Å². The van der Waals surface area contributed by atoms with Crippen LogP contribution in [0.15, 0.2) is 66.7 Å². The quantitative estimate of drug-likeness (QED) is 0.575. The molecule has 0 spiro atoms. The van der Waals surface area contributed by atoms with Crippen molar-refractivity contribution >= 4 is 0 Å². The Kier molecular flexibility index (Phi) is 4.68. The summed E-state index contributed by atoms with van der Waals surface area (Å²) in [5.74, 6) is 3.65. The topological polar surface area (TPSA) is 9.23 Å². The van der Waals surface area contributed by atoms with E-state index < -0.39 is 0 Å². The monoisotopic (exact) mass is 312 g/mol. The Bertz CT molecular complexity index is 862. The second-order valence-corrected chi connectivity index (χ2v) is 5.94. The maximum atomic E-state index is 6.06. The summed E-state index contributed by atoms with van der Waals surface area (Å²) in [4.78, 5) is 0. The molecule has 0 saturated heterocycles. The van der Waals surface area contributed by atoms with Crippen LogP contribution in [-0.2, 0) is 6.61 Å². The van der Waals surface area contributed by atoms with Gasteiger partial charge in [0.15, 0.2) is 0 Å². The SMILES string of the molecule is C#Cc1cccc(-c2cc(C)c(OCc3ccccc3)c(C)c2)c1. The van der Waals surface area contributed by atoms with Crippen molar-refractivity contribution in [1.29, 1.82) is 0 Å². The Morgan fingerprint density at radius 2 is 1.54 bits per heavy atom. The molecule has 0 saturated carbocycles. The fraction of sp³-hybridized carbons (Fsp3) is 0.130. The molecular weight excluding hydrogens is 292 g/mol. The van der Waals surface area contributed by atoms with Crippen LogP contribution in [-0.4, -0.2) is 0 Å². The van der Waals surface area contributed by atoms with E-state index in [1.54, 1.807) is 0 Å². The maximum absolute atomic E-state index is 6.06. The van der Waals surface area contributed by atoms with Crippen LogP contribution in [0.1, 0.15) is 22.3 Å². The third-order valence-electron chi connectivity index (χ3n) is 4.05. The van der Waals surface area contributed by atoms with Gasteiger partial charge in [-0.15, -0.1) is 6.42 Å². The number of aryl methyl sites for hydroxylation is 2. The molecule has 0 unspecified atom stereocenters. The van der Waals surface area contributed by atoms with Gasteiger partial charge in [0.2, 0.25) is 0 Å². The fourth-order valence-corrected chi connectivity index (χ4v) is 2.86. The zero-order valence-electron chi connectivity index (χ0n) is 14.0. The van der Waals surface area contributed by atoms with Gasteiger partial charge in [-0.05, 0) is 65.9 Å². The van der Waals surface area contributed by atoms with Gasteiger partial charge in [0.25, 0.3) is 0 Å². The van der Waals surface area contributed by atoms with Crippen LogP contribution < -0.4 is 4.74 Å². The summed E-state index contributed by atoms with van der Waals surface area (Å²) in [6.45, 7) is 4.75. The first-order valence-corrected chi connectivity index (χ1v) is 8.02. The van der Waals surface area contributed by atoms with Crippen LogP contribution in [0.25, 0.3) is 11.1 Å². The van der Waals surface area contributed by atoms with Gasteiger partial charge in [-0.2, -0.15) is 0 Å². The summed E-state index contributed by atoms with van der Waals surface area (Å²) in [7, 11) is 0. The van der Waals surface area contributed by atoms with Crippen molar-refractivity contribution in [3.8, 4) is 29.2 Å². The summed E-state index contributed by atoms with van der Waals surface area (Å²) in [6, 6.07) is 22.6. The average molecular weight is 312 g/mol. The number of rotatable bonds is 4. The molecule has 1 nitrogen and oxygen atoms in total. The second kappa shape index (κ2) is 7.06. The highest BCUT2D eigenvalue weighted by molar-refractivity contribution is 5.68. The Morgan fingerprint density at radius 1 is 0.833 bits per heavy atom. The average Bonchev–Trinajstić information content (AvgIpc) is 2.62. The molecule has 0 N–H and O–H groups in total. The van der Waals surface area contributed by atoms with E-state index in [-0.39, 0.29) is 0 Å². The lowest BCUT2D eigenvalue weighted by molar-refractivity contribution is 0.302. The number of hydrogen-bond donors (Lipinski definition) is 0. The van der Waals surface area contributed by atoms with Crippen molar-refractivity contribution in [3.63, 3.8) is 0 Å². The Balaban J connectivity index is 1.87. The summed E-state index contributed by atoms with van der Waals surface area (Å²) < 4.78 is 6.06. The molecule has 0 heterocycles.